The fourth-order valence-corrected chi connectivity index (χ4v) is 3.37. The van der Waals surface area contributed by atoms with Crippen molar-refractivity contribution in [1.29, 1.82) is 0 Å². The largest absolute Gasteiger partial charge is 0.545 e. The minimum atomic E-state index is -3.74. The fourth-order valence-electron chi connectivity index (χ4n) is 1.35. The molecule has 19 heavy (non-hydrogen) atoms. The van der Waals surface area contributed by atoms with Gasteiger partial charge in [0.05, 0.1) is 38.0 Å². The van der Waals surface area contributed by atoms with Crippen LogP contribution in [0, 0.1) is 0 Å². The predicted molar refractivity (Wildman–Crippen MR) is 71.3 cm³/mol. The first-order valence-electron chi connectivity index (χ1n) is 5.53. The number of nitrogens with one attached hydrogen (secondary N) is 2. The second kappa shape index (κ2) is 6.47. The Bertz CT molecular complexity index is 572. The summed E-state index contributed by atoms with van der Waals surface area (Å²) in [6.07, 6.45) is 0. The third-order valence-electron chi connectivity index (χ3n) is 2.37. The normalized spacial score (nSPS) is 11.8. The van der Waals surface area contributed by atoms with Gasteiger partial charge in [0.1, 0.15) is 0 Å². The van der Waals surface area contributed by atoms with Crippen LogP contribution in [0.4, 0.5) is 0 Å². The van der Waals surface area contributed by atoms with E-state index in [0.29, 0.717) is 11.0 Å². The Morgan fingerprint density at radius 3 is 2.58 bits per heavy atom. The van der Waals surface area contributed by atoms with Crippen LogP contribution in [-0.4, -0.2) is 41.6 Å². The lowest BCUT2D eigenvalue weighted by Gasteiger charge is -2.12. The van der Waals surface area contributed by atoms with Gasteiger partial charge >= 0.3 is 0 Å². The number of rotatable bonds is 6. The number of quaternary nitrogens is 1. The Kier molecular flexibility index (Phi) is 5.48. The Hall–Kier alpha value is -0.960. The molecule has 0 aliphatic carbocycles. The summed E-state index contributed by atoms with van der Waals surface area (Å²) in [5, 5.41) is 10.7. The molecule has 0 aromatic heterocycles. The highest BCUT2D eigenvalue weighted by Gasteiger charge is 2.18. The van der Waals surface area contributed by atoms with Crippen LogP contribution in [0.5, 0.6) is 0 Å². The topological polar surface area (TPSA) is 90.7 Å². The van der Waals surface area contributed by atoms with Gasteiger partial charge in [0, 0.05) is 4.47 Å². The predicted octanol–water partition coefficient (Wildman–Crippen LogP) is -1.76. The van der Waals surface area contributed by atoms with E-state index in [1.165, 1.54) is 12.1 Å². The van der Waals surface area contributed by atoms with Gasteiger partial charge in [-0.15, -0.1) is 0 Å². The number of carboxylic acid groups (broad SMARTS) is 1. The van der Waals surface area contributed by atoms with E-state index in [2.05, 4.69) is 20.7 Å². The number of sulfonamides is 1. The lowest BCUT2D eigenvalue weighted by atomic mass is 10.2. The Morgan fingerprint density at radius 2 is 2.05 bits per heavy atom. The average molecular weight is 351 g/mol. The molecule has 0 fully saturated rings. The molecule has 6 nitrogen and oxygen atoms in total. The maximum atomic E-state index is 12.0. The lowest BCUT2D eigenvalue weighted by Crippen LogP contribution is -3.06. The minimum absolute atomic E-state index is 0.108. The molecule has 0 aliphatic heterocycles. The number of carboxylic acids is 1. The molecule has 1 aromatic rings. The summed E-state index contributed by atoms with van der Waals surface area (Å²) in [5.74, 6) is -1.42. The van der Waals surface area contributed by atoms with Crippen molar-refractivity contribution in [3.05, 3.63) is 28.2 Å². The Balaban J connectivity index is 3.00. The molecule has 0 unspecified atom stereocenters. The number of likely N-dealkylation sites (N-methyl/N-ethyl adjacent to an activating group) is 1. The first-order valence-corrected chi connectivity index (χ1v) is 7.81. The smallest absolute Gasteiger partial charge is 0.241 e. The molecule has 0 aliphatic rings. The fraction of sp³-hybridized carbons (Fsp3) is 0.364. The van der Waals surface area contributed by atoms with E-state index >= 15 is 0 Å². The summed E-state index contributed by atoms with van der Waals surface area (Å²) in [4.78, 5) is 11.7. The van der Waals surface area contributed by atoms with Crippen LogP contribution in [0.25, 0.3) is 0 Å². The van der Waals surface area contributed by atoms with E-state index in [0.717, 1.165) is 11.0 Å². The van der Waals surface area contributed by atoms with Gasteiger partial charge in [-0.25, -0.2) is 13.1 Å². The second-order valence-corrected chi connectivity index (χ2v) is 6.88. The van der Waals surface area contributed by atoms with E-state index in [9.17, 15) is 18.3 Å². The standard InChI is InChI=1S/C11H15BrN2O4S/c1-14(2)6-5-13-19(17,18)10-7-8(11(15)16)3-4-9(10)12/h3-4,7,13H,5-6H2,1-2H3,(H,15,16). The molecule has 0 amide bonds. The van der Waals surface area contributed by atoms with Crippen molar-refractivity contribution in [2.45, 2.75) is 4.90 Å². The highest BCUT2D eigenvalue weighted by atomic mass is 79.9. The number of hydrogen-bond acceptors (Lipinski definition) is 4. The van der Waals surface area contributed by atoms with E-state index in [-0.39, 0.29) is 17.0 Å². The number of halogens is 1. The van der Waals surface area contributed by atoms with Gasteiger partial charge in [0.25, 0.3) is 0 Å². The Morgan fingerprint density at radius 1 is 1.42 bits per heavy atom. The average Bonchev–Trinajstić information content (AvgIpc) is 2.28. The highest BCUT2D eigenvalue weighted by molar-refractivity contribution is 9.10. The van der Waals surface area contributed by atoms with Crippen LogP contribution < -0.4 is 14.7 Å². The zero-order valence-corrected chi connectivity index (χ0v) is 13.0. The van der Waals surface area contributed by atoms with E-state index in [1.54, 1.807) is 0 Å². The molecule has 2 N–H and O–H groups in total. The second-order valence-electron chi connectivity index (χ2n) is 4.29. The van der Waals surface area contributed by atoms with Crippen molar-refractivity contribution < 1.29 is 23.2 Å². The summed E-state index contributed by atoms with van der Waals surface area (Å²) < 4.78 is 26.8. The van der Waals surface area contributed by atoms with E-state index < -0.39 is 16.0 Å². The summed E-state index contributed by atoms with van der Waals surface area (Å²) in [7, 11) is 0.0635. The number of benzene rings is 1. The molecule has 1 aromatic carbocycles. The van der Waals surface area contributed by atoms with Gasteiger partial charge in [-0.3, -0.25) is 0 Å². The number of aromatic carboxylic acids is 1. The molecule has 0 saturated carbocycles. The molecule has 0 saturated heterocycles. The molecule has 8 heteroatoms. The summed E-state index contributed by atoms with van der Waals surface area (Å²) in [6.45, 7) is 0.893. The zero-order chi connectivity index (χ0) is 14.6. The quantitative estimate of drug-likeness (QED) is 0.635. The van der Waals surface area contributed by atoms with Gasteiger partial charge in [-0.05, 0) is 33.6 Å². The lowest BCUT2D eigenvalue weighted by molar-refractivity contribution is -0.856. The van der Waals surface area contributed by atoms with Crippen LogP contribution in [0.1, 0.15) is 10.4 Å². The first kappa shape index (κ1) is 16.1. The monoisotopic (exact) mass is 350 g/mol. The van der Waals surface area contributed by atoms with Crippen LogP contribution in [0.2, 0.25) is 0 Å². The SMILES string of the molecule is C[NH+](C)CCNS(=O)(=O)c1cc(C(=O)[O-])ccc1Br. The number of carbonyl (C=O) groups excluding carboxylic acids is 1. The van der Waals surface area contributed by atoms with Crippen molar-refractivity contribution in [2.75, 3.05) is 27.2 Å². The van der Waals surface area contributed by atoms with Gasteiger partial charge in [-0.1, -0.05) is 6.07 Å². The molecular weight excluding hydrogens is 336 g/mol. The van der Waals surface area contributed by atoms with Crippen LogP contribution in [0.15, 0.2) is 27.6 Å². The van der Waals surface area contributed by atoms with Crippen molar-refractivity contribution in [2.24, 2.45) is 0 Å². The molecule has 0 heterocycles. The summed E-state index contributed by atoms with van der Waals surface area (Å²) >= 11 is 3.10. The molecule has 106 valence electrons. The van der Waals surface area contributed by atoms with E-state index in [1.807, 2.05) is 14.1 Å². The maximum Gasteiger partial charge on any atom is 0.241 e. The van der Waals surface area contributed by atoms with Gasteiger partial charge < -0.3 is 14.8 Å². The van der Waals surface area contributed by atoms with Crippen LogP contribution in [-0.2, 0) is 10.0 Å². The van der Waals surface area contributed by atoms with Crippen molar-refractivity contribution in [3.8, 4) is 0 Å². The third kappa shape index (κ3) is 4.57. The number of carbonyl (C=O) groups is 1. The van der Waals surface area contributed by atoms with Crippen molar-refractivity contribution in [1.82, 2.24) is 4.72 Å². The van der Waals surface area contributed by atoms with Gasteiger partial charge in [0.15, 0.2) is 0 Å². The highest BCUT2D eigenvalue weighted by Crippen LogP contribution is 2.22. The van der Waals surface area contributed by atoms with Crippen molar-refractivity contribution >= 4 is 31.9 Å². The van der Waals surface area contributed by atoms with Crippen LogP contribution in [0.3, 0.4) is 0 Å². The molecule has 0 spiro atoms. The molecule has 1 rings (SSSR count). The maximum absolute atomic E-state index is 12.0. The zero-order valence-electron chi connectivity index (χ0n) is 10.6. The first-order chi connectivity index (χ1) is 8.74. The molecule has 0 atom stereocenters. The van der Waals surface area contributed by atoms with Gasteiger partial charge in [0.2, 0.25) is 10.0 Å². The van der Waals surface area contributed by atoms with E-state index in [4.69, 9.17) is 0 Å². The van der Waals surface area contributed by atoms with Gasteiger partial charge in [-0.2, -0.15) is 0 Å². The molecule has 0 radical (unpaired) electrons. The molecule has 0 bridgehead atoms. The third-order valence-corrected chi connectivity index (χ3v) is 4.83. The summed E-state index contributed by atoms with van der Waals surface area (Å²) in [5.41, 5.74) is -0.179. The molecular formula is C11H15BrN2O4S. The number of hydrogen-bond donors (Lipinski definition) is 2. The summed E-state index contributed by atoms with van der Waals surface area (Å²) in [6, 6.07) is 3.73. The van der Waals surface area contributed by atoms with Crippen molar-refractivity contribution in [3.63, 3.8) is 0 Å². The van der Waals surface area contributed by atoms with Crippen LogP contribution >= 0.6 is 15.9 Å². The Labute approximate surface area is 120 Å². The minimum Gasteiger partial charge on any atom is -0.545 e.